The first-order valence-electron chi connectivity index (χ1n) is 10.5. The zero-order valence-electron chi connectivity index (χ0n) is 18.9. The first-order chi connectivity index (χ1) is 14.6. The number of rotatable bonds is 5. The van der Waals surface area contributed by atoms with Crippen LogP contribution in [0.15, 0.2) is 48.5 Å². The minimum absolute atomic E-state index is 0.238. The highest BCUT2D eigenvalue weighted by Gasteiger charge is 2.24. The summed E-state index contributed by atoms with van der Waals surface area (Å²) in [5.41, 5.74) is 2.06. The average Bonchev–Trinajstić information content (AvgIpc) is 3.19. The molecule has 0 radical (unpaired) electrons. The lowest BCUT2D eigenvalue weighted by Gasteiger charge is -2.22. The third-order valence-corrected chi connectivity index (χ3v) is 5.20. The standard InChI is InChI=1S/C24H32N4O3/c1-24(2,3)31-23(30)26-21-9-7-6-8-20(21)25-22(29)17-10-12-18(13-11-17)28-15-14-19(16-28)27(4)5/h6-13,19H,14-16H2,1-5H3,(H,25,29)(H,26,30)/t19-/m0/s1. The van der Waals surface area contributed by atoms with Crippen LogP contribution >= 0.6 is 0 Å². The predicted octanol–water partition coefficient (Wildman–Crippen LogP) is 4.43. The van der Waals surface area contributed by atoms with E-state index < -0.39 is 11.7 Å². The Bertz CT molecular complexity index is 919. The smallest absolute Gasteiger partial charge is 0.412 e. The lowest BCUT2D eigenvalue weighted by Crippen LogP contribution is -2.31. The fourth-order valence-electron chi connectivity index (χ4n) is 3.53. The molecule has 2 N–H and O–H groups in total. The Balaban J connectivity index is 1.65. The molecule has 1 aliphatic rings. The van der Waals surface area contributed by atoms with Crippen molar-refractivity contribution in [1.82, 2.24) is 4.90 Å². The van der Waals surface area contributed by atoms with Crippen molar-refractivity contribution in [2.24, 2.45) is 0 Å². The van der Waals surface area contributed by atoms with E-state index in [2.05, 4.69) is 34.5 Å². The van der Waals surface area contributed by atoms with Gasteiger partial charge in [-0.1, -0.05) is 12.1 Å². The van der Waals surface area contributed by atoms with Gasteiger partial charge in [0.15, 0.2) is 0 Å². The van der Waals surface area contributed by atoms with Crippen LogP contribution in [0.2, 0.25) is 0 Å². The average molecular weight is 425 g/mol. The van der Waals surface area contributed by atoms with E-state index in [1.807, 2.05) is 24.3 Å². The summed E-state index contributed by atoms with van der Waals surface area (Å²) in [5.74, 6) is -0.238. The third-order valence-electron chi connectivity index (χ3n) is 5.20. The number of amides is 2. The molecule has 2 aromatic rings. The molecule has 1 saturated heterocycles. The second-order valence-electron chi connectivity index (χ2n) is 9.03. The van der Waals surface area contributed by atoms with E-state index in [9.17, 15) is 9.59 Å². The predicted molar refractivity (Wildman–Crippen MR) is 125 cm³/mol. The van der Waals surface area contributed by atoms with Gasteiger partial charge in [0, 0.05) is 30.4 Å². The zero-order valence-corrected chi connectivity index (χ0v) is 18.9. The molecule has 1 fully saturated rings. The summed E-state index contributed by atoms with van der Waals surface area (Å²) >= 11 is 0. The first kappa shape index (κ1) is 22.6. The fraction of sp³-hybridized carbons (Fsp3) is 0.417. The fourth-order valence-corrected chi connectivity index (χ4v) is 3.53. The van der Waals surface area contributed by atoms with Crippen LogP contribution in [0.4, 0.5) is 21.9 Å². The molecule has 0 aliphatic carbocycles. The van der Waals surface area contributed by atoms with Crippen LogP contribution in [0.3, 0.4) is 0 Å². The van der Waals surface area contributed by atoms with Crippen LogP contribution in [-0.4, -0.2) is 55.7 Å². The van der Waals surface area contributed by atoms with Crippen molar-refractivity contribution >= 4 is 29.1 Å². The van der Waals surface area contributed by atoms with Crippen molar-refractivity contribution < 1.29 is 14.3 Å². The number of anilines is 3. The molecule has 3 rings (SSSR count). The van der Waals surface area contributed by atoms with Gasteiger partial charge in [-0.15, -0.1) is 0 Å². The Morgan fingerprint density at radius 2 is 1.61 bits per heavy atom. The molecule has 0 saturated carbocycles. The first-order valence-corrected chi connectivity index (χ1v) is 10.5. The van der Waals surface area contributed by atoms with E-state index in [4.69, 9.17) is 4.74 Å². The van der Waals surface area contributed by atoms with E-state index in [-0.39, 0.29) is 5.91 Å². The van der Waals surface area contributed by atoms with E-state index in [1.165, 1.54) is 0 Å². The Kier molecular flexibility index (Phi) is 6.85. The van der Waals surface area contributed by atoms with Crippen molar-refractivity contribution in [3.8, 4) is 0 Å². The van der Waals surface area contributed by atoms with Gasteiger partial charge >= 0.3 is 6.09 Å². The van der Waals surface area contributed by atoms with Crippen LogP contribution in [0.1, 0.15) is 37.6 Å². The number of nitrogens with one attached hydrogen (secondary N) is 2. The maximum absolute atomic E-state index is 12.8. The number of likely N-dealkylation sites (N-methyl/N-ethyl adjacent to an activating group) is 1. The van der Waals surface area contributed by atoms with Gasteiger partial charge in [0.1, 0.15) is 5.60 Å². The topological polar surface area (TPSA) is 73.9 Å². The van der Waals surface area contributed by atoms with E-state index >= 15 is 0 Å². The summed E-state index contributed by atoms with van der Waals surface area (Å²) < 4.78 is 5.30. The number of hydrogen-bond acceptors (Lipinski definition) is 5. The summed E-state index contributed by atoms with van der Waals surface area (Å²) in [6.45, 7) is 7.40. The minimum atomic E-state index is -0.605. The van der Waals surface area contributed by atoms with Gasteiger partial charge in [0.2, 0.25) is 0 Å². The molecule has 1 atom stereocenters. The highest BCUT2D eigenvalue weighted by Crippen LogP contribution is 2.25. The summed E-state index contributed by atoms with van der Waals surface area (Å²) in [6, 6.07) is 15.2. The molecule has 7 nitrogen and oxygen atoms in total. The molecule has 2 amide bonds. The lowest BCUT2D eigenvalue weighted by atomic mass is 10.1. The largest absolute Gasteiger partial charge is 0.444 e. The van der Waals surface area contributed by atoms with Crippen molar-refractivity contribution in [2.75, 3.05) is 42.7 Å². The maximum Gasteiger partial charge on any atom is 0.412 e. The van der Waals surface area contributed by atoms with Gasteiger partial charge in [-0.3, -0.25) is 10.1 Å². The molecule has 0 spiro atoms. The highest BCUT2D eigenvalue weighted by atomic mass is 16.6. The van der Waals surface area contributed by atoms with Crippen LogP contribution in [0, 0.1) is 0 Å². The number of carbonyl (C=O) groups excluding carboxylic acids is 2. The number of carbonyl (C=O) groups is 2. The molecule has 7 heteroatoms. The van der Waals surface area contributed by atoms with Crippen LogP contribution in [-0.2, 0) is 4.74 Å². The molecule has 2 aromatic carbocycles. The van der Waals surface area contributed by atoms with E-state index in [1.54, 1.807) is 45.0 Å². The van der Waals surface area contributed by atoms with Crippen LogP contribution in [0.5, 0.6) is 0 Å². The van der Waals surface area contributed by atoms with Crippen LogP contribution < -0.4 is 15.5 Å². The van der Waals surface area contributed by atoms with Gasteiger partial charge in [0.25, 0.3) is 5.91 Å². The van der Waals surface area contributed by atoms with E-state index in [0.29, 0.717) is 23.0 Å². The monoisotopic (exact) mass is 424 g/mol. The summed E-state index contributed by atoms with van der Waals surface area (Å²) in [6.07, 6.45) is 0.566. The zero-order chi connectivity index (χ0) is 22.6. The Morgan fingerprint density at radius 1 is 1.00 bits per heavy atom. The molecule has 0 aromatic heterocycles. The molecular weight excluding hydrogens is 392 g/mol. The molecule has 1 heterocycles. The Hall–Kier alpha value is -3.06. The van der Waals surface area contributed by atoms with Gasteiger partial charge in [-0.05, 0) is 77.7 Å². The normalized spacial score (nSPS) is 16.3. The van der Waals surface area contributed by atoms with Crippen molar-refractivity contribution in [2.45, 2.75) is 38.8 Å². The van der Waals surface area contributed by atoms with Gasteiger partial charge in [0.05, 0.1) is 11.4 Å². The van der Waals surface area contributed by atoms with Crippen LogP contribution in [0.25, 0.3) is 0 Å². The quantitative estimate of drug-likeness (QED) is 0.743. The number of ether oxygens (including phenoxy) is 1. The van der Waals surface area contributed by atoms with Crippen molar-refractivity contribution in [3.63, 3.8) is 0 Å². The molecule has 1 aliphatic heterocycles. The third kappa shape index (κ3) is 6.21. The number of benzene rings is 2. The van der Waals surface area contributed by atoms with Gasteiger partial charge < -0.3 is 19.9 Å². The van der Waals surface area contributed by atoms with Crippen molar-refractivity contribution in [3.05, 3.63) is 54.1 Å². The molecule has 31 heavy (non-hydrogen) atoms. The molecule has 0 unspecified atom stereocenters. The number of hydrogen-bond donors (Lipinski definition) is 2. The molecule has 166 valence electrons. The van der Waals surface area contributed by atoms with E-state index in [0.717, 1.165) is 25.2 Å². The number of nitrogens with zero attached hydrogens (tertiary/aromatic N) is 2. The van der Waals surface area contributed by atoms with Crippen molar-refractivity contribution in [1.29, 1.82) is 0 Å². The Morgan fingerprint density at radius 3 is 2.16 bits per heavy atom. The SMILES string of the molecule is CN(C)[C@H]1CCN(c2ccc(C(=O)Nc3ccccc3NC(=O)OC(C)(C)C)cc2)C1. The summed E-state index contributed by atoms with van der Waals surface area (Å²) in [7, 11) is 4.22. The number of para-hydroxylation sites is 2. The molecular formula is C24H32N4O3. The van der Waals surface area contributed by atoms with Gasteiger partial charge in [-0.25, -0.2) is 4.79 Å². The lowest BCUT2D eigenvalue weighted by molar-refractivity contribution is 0.0635. The molecule has 0 bridgehead atoms. The minimum Gasteiger partial charge on any atom is -0.444 e. The Labute approximate surface area is 184 Å². The second-order valence-corrected chi connectivity index (χ2v) is 9.03. The van der Waals surface area contributed by atoms with Gasteiger partial charge in [-0.2, -0.15) is 0 Å². The summed E-state index contributed by atoms with van der Waals surface area (Å²) in [4.78, 5) is 29.5. The maximum atomic E-state index is 12.8. The summed E-state index contributed by atoms with van der Waals surface area (Å²) in [5, 5.41) is 5.57. The highest BCUT2D eigenvalue weighted by molar-refractivity contribution is 6.07. The second kappa shape index (κ2) is 9.39.